The molecule has 1 aromatic carbocycles. The summed E-state index contributed by atoms with van der Waals surface area (Å²) in [5.41, 5.74) is 3.11. The second kappa shape index (κ2) is 4.38. The van der Waals surface area contributed by atoms with Crippen LogP contribution in [0.25, 0.3) is 22.3 Å². The van der Waals surface area contributed by atoms with E-state index in [0.29, 0.717) is 5.56 Å². The van der Waals surface area contributed by atoms with Gasteiger partial charge in [0, 0.05) is 27.1 Å². The van der Waals surface area contributed by atoms with E-state index in [1.54, 1.807) is 6.20 Å². The predicted molar refractivity (Wildman–Crippen MR) is 74.6 cm³/mol. The van der Waals surface area contributed by atoms with Crippen molar-refractivity contribution in [3.63, 3.8) is 0 Å². The summed E-state index contributed by atoms with van der Waals surface area (Å²) in [4.78, 5) is 18.8. The fraction of sp³-hybridized carbons (Fsp3) is 0. The largest absolute Gasteiger partial charge is 0.353 e. The van der Waals surface area contributed by atoms with E-state index in [-0.39, 0.29) is 0 Å². The average molecular weight is 301 g/mol. The first kappa shape index (κ1) is 11.2. The molecule has 0 saturated carbocycles. The zero-order valence-electron chi connectivity index (χ0n) is 9.35. The minimum Gasteiger partial charge on any atom is -0.353 e. The Morgan fingerprint density at radius 2 is 2.11 bits per heavy atom. The number of nitrogens with zero attached hydrogens (tertiary/aromatic N) is 1. The standard InChI is InChI=1S/C14H9BrN2O/c15-9-4-5-12-10(7-9)11(8-18)14(17-12)13-3-1-2-6-16-13/h1-8,17H. The monoisotopic (exact) mass is 300 g/mol. The Balaban J connectivity index is 2.33. The number of carbonyl (C=O) groups excluding carboxylic acids is 1. The van der Waals surface area contributed by atoms with Crippen LogP contribution in [0.1, 0.15) is 10.4 Å². The van der Waals surface area contributed by atoms with Crippen molar-refractivity contribution in [3.8, 4) is 11.4 Å². The highest BCUT2D eigenvalue weighted by Crippen LogP contribution is 2.29. The first-order chi connectivity index (χ1) is 8.79. The summed E-state index contributed by atoms with van der Waals surface area (Å²) >= 11 is 3.42. The molecule has 2 heterocycles. The second-order valence-corrected chi connectivity index (χ2v) is 4.85. The topological polar surface area (TPSA) is 45.8 Å². The van der Waals surface area contributed by atoms with Crippen molar-refractivity contribution < 1.29 is 4.79 Å². The maximum atomic E-state index is 11.3. The first-order valence-electron chi connectivity index (χ1n) is 5.47. The normalized spacial score (nSPS) is 10.7. The highest BCUT2D eigenvalue weighted by atomic mass is 79.9. The summed E-state index contributed by atoms with van der Waals surface area (Å²) in [6.07, 6.45) is 2.58. The van der Waals surface area contributed by atoms with Gasteiger partial charge in [-0.2, -0.15) is 0 Å². The molecule has 0 fully saturated rings. The lowest BCUT2D eigenvalue weighted by Crippen LogP contribution is -1.86. The lowest BCUT2D eigenvalue weighted by atomic mass is 10.1. The predicted octanol–water partition coefficient (Wildman–Crippen LogP) is 3.80. The minimum absolute atomic E-state index is 0.644. The Morgan fingerprint density at radius 1 is 1.22 bits per heavy atom. The molecule has 18 heavy (non-hydrogen) atoms. The molecular formula is C14H9BrN2O. The van der Waals surface area contributed by atoms with Crippen LogP contribution >= 0.6 is 15.9 Å². The van der Waals surface area contributed by atoms with Gasteiger partial charge in [0.1, 0.15) is 0 Å². The molecule has 0 amide bonds. The molecule has 0 aliphatic rings. The van der Waals surface area contributed by atoms with E-state index in [9.17, 15) is 4.79 Å². The number of nitrogens with one attached hydrogen (secondary N) is 1. The van der Waals surface area contributed by atoms with Gasteiger partial charge in [-0.05, 0) is 30.3 Å². The summed E-state index contributed by atoms with van der Waals surface area (Å²) < 4.78 is 0.949. The highest BCUT2D eigenvalue weighted by molar-refractivity contribution is 9.10. The third-order valence-corrected chi connectivity index (χ3v) is 3.33. The Bertz CT molecular complexity index is 719. The van der Waals surface area contributed by atoms with Crippen molar-refractivity contribution >= 4 is 33.1 Å². The molecule has 1 N–H and O–H groups in total. The van der Waals surface area contributed by atoms with Gasteiger partial charge in [-0.25, -0.2) is 0 Å². The van der Waals surface area contributed by atoms with Crippen LogP contribution in [-0.4, -0.2) is 16.3 Å². The number of benzene rings is 1. The SMILES string of the molecule is O=Cc1c(-c2ccccn2)[nH]c2ccc(Br)cc12. The molecule has 0 aliphatic carbocycles. The number of carbonyl (C=O) groups is 1. The number of rotatable bonds is 2. The fourth-order valence-corrected chi connectivity index (χ4v) is 2.38. The molecule has 4 heteroatoms. The van der Waals surface area contributed by atoms with E-state index in [1.807, 2.05) is 36.4 Å². The van der Waals surface area contributed by atoms with Crippen LogP contribution in [0.3, 0.4) is 0 Å². The van der Waals surface area contributed by atoms with Gasteiger partial charge in [0.2, 0.25) is 0 Å². The van der Waals surface area contributed by atoms with E-state index in [1.165, 1.54) is 0 Å². The van der Waals surface area contributed by atoms with Gasteiger partial charge >= 0.3 is 0 Å². The molecule has 0 radical (unpaired) electrons. The van der Waals surface area contributed by atoms with Crippen molar-refractivity contribution in [2.24, 2.45) is 0 Å². The van der Waals surface area contributed by atoms with E-state index < -0.39 is 0 Å². The number of H-pyrrole nitrogens is 1. The average Bonchev–Trinajstić information content (AvgIpc) is 2.77. The number of aromatic nitrogens is 2. The van der Waals surface area contributed by atoms with Crippen molar-refractivity contribution in [1.82, 2.24) is 9.97 Å². The minimum atomic E-state index is 0.644. The molecule has 0 unspecified atom stereocenters. The van der Waals surface area contributed by atoms with Crippen LogP contribution < -0.4 is 0 Å². The van der Waals surface area contributed by atoms with Crippen molar-refractivity contribution in [1.29, 1.82) is 0 Å². The first-order valence-corrected chi connectivity index (χ1v) is 6.26. The van der Waals surface area contributed by atoms with Crippen LogP contribution in [0.4, 0.5) is 0 Å². The molecule has 3 rings (SSSR count). The molecular weight excluding hydrogens is 292 g/mol. The molecule has 2 aromatic heterocycles. The van der Waals surface area contributed by atoms with Crippen LogP contribution in [0.5, 0.6) is 0 Å². The third-order valence-electron chi connectivity index (χ3n) is 2.84. The quantitative estimate of drug-likeness (QED) is 0.732. The summed E-state index contributed by atoms with van der Waals surface area (Å²) in [6, 6.07) is 11.4. The zero-order valence-corrected chi connectivity index (χ0v) is 10.9. The van der Waals surface area contributed by atoms with E-state index >= 15 is 0 Å². The van der Waals surface area contributed by atoms with E-state index in [2.05, 4.69) is 25.9 Å². The second-order valence-electron chi connectivity index (χ2n) is 3.94. The molecule has 0 aliphatic heterocycles. The van der Waals surface area contributed by atoms with Gasteiger partial charge in [-0.3, -0.25) is 9.78 Å². The van der Waals surface area contributed by atoms with Crippen LogP contribution in [0.15, 0.2) is 47.1 Å². The van der Waals surface area contributed by atoms with Crippen LogP contribution in [0.2, 0.25) is 0 Å². The Kier molecular flexibility index (Phi) is 2.72. The van der Waals surface area contributed by atoms with Gasteiger partial charge in [0.15, 0.2) is 6.29 Å². The number of aldehydes is 1. The Morgan fingerprint density at radius 3 is 2.83 bits per heavy atom. The maximum Gasteiger partial charge on any atom is 0.152 e. The van der Waals surface area contributed by atoms with Gasteiger partial charge in [0.05, 0.1) is 11.4 Å². The number of halogens is 1. The van der Waals surface area contributed by atoms with Crippen LogP contribution in [0, 0.1) is 0 Å². The van der Waals surface area contributed by atoms with Crippen molar-refractivity contribution in [2.45, 2.75) is 0 Å². The summed E-state index contributed by atoms with van der Waals surface area (Å²) in [6.45, 7) is 0. The Hall–Kier alpha value is -1.94. The molecule has 3 nitrogen and oxygen atoms in total. The third kappa shape index (κ3) is 1.75. The van der Waals surface area contributed by atoms with Crippen molar-refractivity contribution in [3.05, 3.63) is 52.6 Å². The number of fused-ring (bicyclic) bond motifs is 1. The number of hydrogen-bond donors (Lipinski definition) is 1. The lowest BCUT2D eigenvalue weighted by molar-refractivity contribution is 0.112. The smallest absolute Gasteiger partial charge is 0.152 e. The van der Waals surface area contributed by atoms with Gasteiger partial charge < -0.3 is 4.98 Å². The summed E-state index contributed by atoms with van der Waals surface area (Å²) in [7, 11) is 0. The molecule has 88 valence electrons. The molecule has 0 atom stereocenters. The molecule has 0 saturated heterocycles. The summed E-state index contributed by atoms with van der Waals surface area (Å²) in [5.74, 6) is 0. The number of hydrogen-bond acceptors (Lipinski definition) is 2. The van der Waals surface area contributed by atoms with Crippen molar-refractivity contribution in [2.75, 3.05) is 0 Å². The van der Waals surface area contributed by atoms with Gasteiger partial charge in [-0.1, -0.05) is 22.0 Å². The Labute approximate surface area is 112 Å². The number of aromatic amines is 1. The summed E-state index contributed by atoms with van der Waals surface area (Å²) in [5, 5.41) is 0.903. The van der Waals surface area contributed by atoms with Gasteiger partial charge in [0.25, 0.3) is 0 Å². The molecule has 3 aromatic rings. The number of pyridine rings is 1. The lowest BCUT2D eigenvalue weighted by Gasteiger charge is -1.97. The zero-order chi connectivity index (χ0) is 12.5. The fourth-order valence-electron chi connectivity index (χ4n) is 2.02. The van der Waals surface area contributed by atoms with E-state index in [4.69, 9.17) is 0 Å². The van der Waals surface area contributed by atoms with Gasteiger partial charge in [-0.15, -0.1) is 0 Å². The molecule has 0 spiro atoms. The van der Waals surface area contributed by atoms with E-state index in [0.717, 1.165) is 33.0 Å². The highest BCUT2D eigenvalue weighted by Gasteiger charge is 2.13. The van der Waals surface area contributed by atoms with Crippen LogP contribution in [-0.2, 0) is 0 Å². The molecule has 0 bridgehead atoms. The maximum absolute atomic E-state index is 11.3.